The Morgan fingerprint density at radius 1 is 1.47 bits per heavy atom. The highest BCUT2D eigenvalue weighted by atomic mass is 32.2. The predicted octanol–water partition coefficient (Wildman–Crippen LogP) is 0.266. The molecule has 4 nitrogen and oxygen atoms in total. The van der Waals surface area contributed by atoms with Gasteiger partial charge in [0.25, 0.3) is 0 Å². The van der Waals surface area contributed by atoms with E-state index in [1.54, 1.807) is 13.8 Å². The van der Waals surface area contributed by atoms with Gasteiger partial charge >= 0.3 is 0 Å². The van der Waals surface area contributed by atoms with Gasteiger partial charge in [0.1, 0.15) is 0 Å². The summed E-state index contributed by atoms with van der Waals surface area (Å²) in [7, 11) is -3.04. The Bertz CT molecular complexity index is 311. The van der Waals surface area contributed by atoms with E-state index in [0.29, 0.717) is 6.54 Å². The van der Waals surface area contributed by atoms with Crippen LogP contribution in [0.25, 0.3) is 0 Å². The molecule has 1 N–H and O–H groups in total. The lowest BCUT2D eigenvalue weighted by molar-refractivity contribution is 0.151. The fraction of sp³-hybridized carbons (Fsp3) is 1.00. The standard InChI is InChI=1S/C10H21NO3S/c1-10(2,15(3,13)14)8-11-6-4-5-9(11)7-12/h9,12H,4-8H2,1-3H3/t9-/m1/s1. The first kappa shape index (κ1) is 12.9. The zero-order valence-electron chi connectivity index (χ0n) is 9.73. The number of rotatable bonds is 4. The average Bonchev–Trinajstić information content (AvgIpc) is 2.48. The second kappa shape index (κ2) is 4.39. The SMILES string of the molecule is CC(C)(CN1CCC[C@@H]1CO)S(C)(=O)=O. The molecule has 0 aliphatic carbocycles. The highest BCUT2D eigenvalue weighted by Crippen LogP contribution is 2.23. The number of likely N-dealkylation sites (tertiary alicyclic amines) is 1. The molecule has 1 heterocycles. The molecule has 1 aliphatic heterocycles. The maximum atomic E-state index is 11.5. The Labute approximate surface area is 92.2 Å². The van der Waals surface area contributed by atoms with Gasteiger partial charge in [0.2, 0.25) is 0 Å². The van der Waals surface area contributed by atoms with E-state index < -0.39 is 14.6 Å². The Kier molecular flexibility index (Phi) is 3.79. The third-order valence-corrected chi connectivity index (χ3v) is 5.43. The van der Waals surface area contributed by atoms with Crippen molar-refractivity contribution in [3.8, 4) is 0 Å². The second-order valence-corrected chi connectivity index (χ2v) is 7.63. The van der Waals surface area contributed by atoms with Crippen LogP contribution in [-0.2, 0) is 9.84 Å². The van der Waals surface area contributed by atoms with E-state index in [0.717, 1.165) is 19.4 Å². The predicted molar refractivity (Wildman–Crippen MR) is 60.6 cm³/mol. The summed E-state index contributed by atoms with van der Waals surface area (Å²) in [6.45, 7) is 5.02. The van der Waals surface area contributed by atoms with Crippen LogP contribution < -0.4 is 0 Å². The largest absolute Gasteiger partial charge is 0.395 e. The Balaban J connectivity index is 2.69. The molecule has 0 unspecified atom stereocenters. The summed E-state index contributed by atoms with van der Waals surface area (Å²) in [4.78, 5) is 2.08. The quantitative estimate of drug-likeness (QED) is 0.760. The Morgan fingerprint density at radius 2 is 2.07 bits per heavy atom. The molecule has 90 valence electrons. The van der Waals surface area contributed by atoms with Gasteiger partial charge in [-0.1, -0.05) is 0 Å². The van der Waals surface area contributed by atoms with Crippen molar-refractivity contribution in [1.29, 1.82) is 0 Å². The smallest absolute Gasteiger partial charge is 0.153 e. The van der Waals surface area contributed by atoms with Crippen LogP contribution in [-0.4, -0.2) is 55.2 Å². The van der Waals surface area contributed by atoms with Gasteiger partial charge in [-0.25, -0.2) is 8.42 Å². The van der Waals surface area contributed by atoms with Gasteiger partial charge < -0.3 is 5.11 Å². The minimum absolute atomic E-state index is 0.125. The van der Waals surface area contributed by atoms with Gasteiger partial charge in [-0.2, -0.15) is 0 Å². The van der Waals surface area contributed by atoms with Gasteiger partial charge in [-0.05, 0) is 33.2 Å². The van der Waals surface area contributed by atoms with Crippen molar-refractivity contribution in [2.24, 2.45) is 0 Å². The maximum Gasteiger partial charge on any atom is 0.153 e. The molecule has 0 bridgehead atoms. The van der Waals surface area contributed by atoms with Crippen LogP contribution in [0.2, 0.25) is 0 Å². The number of sulfone groups is 1. The van der Waals surface area contributed by atoms with E-state index in [-0.39, 0.29) is 12.6 Å². The topological polar surface area (TPSA) is 57.6 Å². The first-order chi connectivity index (χ1) is 6.78. The second-order valence-electron chi connectivity index (χ2n) is 4.98. The van der Waals surface area contributed by atoms with Crippen molar-refractivity contribution >= 4 is 9.84 Å². The monoisotopic (exact) mass is 235 g/mol. The fourth-order valence-electron chi connectivity index (χ4n) is 1.92. The molecule has 1 aliphatic rings. The normalized spacial score (nSPS) is 24.7. The van der Waals surface area contributed by atoms with Crippen LogP contribution in [0.4, 0.5) is 0 Å². The molecule has 0 aromatic carbocycles. The molecule has 15 heavy (non-hydrogen) atoms. The summed E-state index contributed by atoms with van der Waals surface area (Å²) in [6, 6.07) is 0.144. The minimum Gasteiger partial charge on any atom is -0.395 e. The zero-order valence-corrected chi connectivity index (χ0v) is 10.5. The highest BCUT2D eigenvalue weighted by molar-refractivity contribution is 7.92. The van der Waals surface area contributed by atoms with Crippen LogP contribution in [0.15, 0.2) is 0 Å². The van der Waals surface area contributed by atoms with Crippen molar-refractivity contribution in [1.82, 2.24) is 4.90 Å². The molecule has 1 saturated heterocycles. The van der Waals surface area contributed by atoms with Crippen LogP contribution in [0.1, 0.15) is 26.7 Å². The Morgan fingerprint density at radius 3 is 2.53 bits per heavy atom. The molecule has 1 fully saturated rings. The summed E-state index contributed by atoms with van der Waals surface area (Å²) in [5.74, 6) is 0. The highest BCUT2D eigenvalue weighted by Gasteiger charge is 2.35. The lowest BCUT2D eigenvalue weighted by Crippen LogP contribution is -2.46. The summed E-state index contributed by atoms with van der Waals surface area (Å²) in [5.41, 5.74) is 0. The van der Waals surface area contributed by atoms with Crippen LogP contribution in [0.3, 0.4) is 0 Å². The third kappa shape index (κ3) is 2.92. The average molecular weight is 235 g/mol. The van der Waals surface area contributed by atoms with E-state index in [1.165, 1.54) is 6.26 Å². The zero-order chi connectivity index (χ0) is 11.7. The van der Waals surface area contributed by atoms with Gasteiger partial charge in [0.15, 0.2) is 9.84 Å². The molecule has 0 spiro atoms. The molecule has 0 saturated carbocycles. The first-order valence-corrected chi connectivity index (χ1v) is 7.21. The van der Waals surface area contributed by atoms with Gasteiger partial charge in [-0.3, -0.25) is 4.90 Å². The van der Waals surface area contributed by atoms with E-state index in [9.17, 15) is 8.42 Å². The summed E-state index contributed by atoms with van der Waals surface area (Å²) in [6.07, 6.45) is 3.29. The molecular weight excluding hydrogens is 214 g/mol. The lowest BCUT2D eigenvalue weighted by Gasteiger charge is -2.31. The molecule has 0 aromatic rings. The molecule has 5 heteroatoms. The summed E-state index contributed by atoms with van der Waals surface area (Å²) in [5, 5.41) is 9.14. The van der Waals surface area contributed by atoms with Crippen LogP contribution in [0.5, 0.6) is 0 Å². The van der Waals surface area contributed by atoms with Crippen LogP contribution in [0, 0.1) is 0 Å². The molecule has 1 rings (SSSR count). The van der Waals surface area contributed by atoms with E-state index >= 15 is 0 Å². The number of aliphatic hydroxyl groups excluding tert-OH is 1. The number of hydrogen-bond acceptors (Lipinski definition) is 4. The van der Waals surface area contributed by atoms with Crippen LogP contribution >= 0.6 is 0 Å². The molecule has 1 atom stereocenters. The molecule has 0 aromatic heterocycles. The van der Waals surface area contributed by atoms with Crippen molar-refractivity contribution < 1.29 is 13.5 Å². The van der Waals surface area contributed by atoms with Crippen molar-refractivity contribution in [2.45, 2.75) is 37.5 Å². The maximum absolute atomic E-state index is 11.5. The number of aliphatic hydroxyl groups is 1. The van der Waals surface area contributed by atoms with E-state index in [4.69, 9.17) is 5.11 Å². The molecule has 0 radical (unpaired) electrons. The van der Waals surface area contributed by atoms with E-state index in [2.05, 4.69) is 4.90 Å². The minimum atomic E-state index is -3.04. The molecule has 0 amide bonds. The van der Waals surface area contributed by atoms with Gasteiger partial charge in [0, 0.05) is 18.8 Å². The van der Waals surface area contributed by atoms with Gasteiger partial charge in [0.05, 0.1) is 11.4 Å². The lowest BCUT2D eigenvalue weighted by atomic mass is 10.1. The van der Waals surface area contributed by atoms with Crippen molar-refractivity contribution in [3.63, 3.8) is 0 Å². The fourth-order valence-corrected chi connectivity index (χ4v) is 2.32. The van der Waals surface area contributed by atoms with E-state index in [1.807, 2.05) is 0 Å². The van der Waals surface area contributed by atoms with Crippen molar-refractivity contribution in [3.05, 3.63) is 0 Å². The Hall–Kier alpha value is -0.130. The van der Waals surface area contributed by atoms with Crippen molar-refractivity contribution in [2.75, 3.05) is 26.0 Å². The summed E-state index contributed by atoms with van der Waals surface area (Å²) >= 11 is 0. The third-order valence-electron chi connectivity index (χ3n) is 3.30. The first-order valence-electron chi connectivity index (χ1n) is 5.32. The molecular formula is C10H21NO3S. The number of nitrogens with zero attached hydrogens (tertiary/aromatic N) is 1. The number of hydrogen-bond donors (Lipinski definition) is 1. The summed E-state index contributed by atoms with van der Waals surface area (Å²) < 4.78 is 22.4. The van der Waals surface area contributed by atoms with Gasteiger partial charge in [-0.15, -0.1) is 0 Å².